The number of urea groups is 1. The molecule has 1 atom stereocenters. The van der Waals surface area contributed by atoms with E-state index in [4.69, 9.17) is 0 Å². The lowest BCUT2D eigenvalue weighted by Gasteiger charge is -2.26. The average Bonchev–Trinajstić information content (AvgIpc) is 3.17. The zero-order valence-electron chi connectivity index (χ0n) is 15.6. The number of carbonyl (C=O) groups excluding carboxylic acids is 1. The number of benzene rings is 3. The monoisotopic (exact) mass is 394 g/mol. The Morgan fingerprint density at radius 1 is 1.00 bits per heavy atom. The largest absolute Gasteiger partial charge is 0.322 e. The first-order valence-electron chi connectivity index (χ1n) is 9.29. The quantitative estimate of drug-likeness (QED) is 0.705. The Hall–Kier alpha value is -2.86. The third-order valence-corrected chi connectivity index (χ3v) is 6.38. The number of likely N-dealkylation sites (tertiary alicyclic amines) is 1. The van der Waals surface area contributed by atoms with Crippen molar-refractivity contribution < 1.29 is 13.2 Å². The zero-order chi connectivity index (χ0) is 19.7. The number of amides is 2. The first-order valence-corrected chi connectivity index (χ1v) is 11.2. The number of rotatable bonds is 3. The maximum atomic E-state index is 13.0. The van der Waals surface area contributed by atoms with Crippen LogP contribution in [0.3, 0.4) is 0 Å². The second-order valence-electron chi connectivity index (χ2n) is 7.12. The van der Waals surface area contributed by atoms with Crippen LogP contribution < -0.4 is 5.32 Å². The molecule has 4 rings (SSSR count). The van der Waals surface area contributed by atoms with Crippen LogP contribution in [0.25, 0.3) is 10.8 Å². The molecule has 1 N–H and O–H groups in total. The second-order valence-corrected chi connectivity index (χ2v) is 9.10. The number of hydrogen-bond donors (Lipinski definition) is 1. The van der Waals surface area contributed by atoms with E-state index >= 15 is 0 Å². The summed E-state index contributed by atoms with van der Waals surface area (Å²) in [6.45, 7) is 0.640. The molecule has 0 unspecified atom stereocenters. The highest BCUT2D eigenvalue weighted by Crippen LogP contribution is 2.36. The molecule has 6 heteroatoms. The van der Waals surface area contributed by atoms with E-state index in [1.165, 1.54) is 6.07 Å². The Morgan fingerprint density at radius 2 is 1.71 bits per heavy atom. The molecule has 28 heavy (non-hydrogen) atoms. The Balaban J connectivity index is 1.65. The molecule has 1 fully saturated rings. The number of para-hydroxylation sites is 1. The van der Waals surface area contributed by atoms with Gasteiger partial charge in [-0.1, -0.05) is 54.6 Å². The van der Waals surface area contributed by atoms with E-state index in [0.29, 0.717) is 12.2 Å². The van der Waals surface area contributed by atoms with E-state index in [-0.39, 0.29) is 17.0 Å². The molecule has 0 radical (unpaired) electrons. The molecule has 1 aliphatic heterocycles. The van der Waals surface area contributed by atoms with Crippen LogP contribution in [0.5, 0.6) is 0 Å². The predicted molar refractivity (Wildman–Crippen MR) is 111 cm³/mol. The molecule has 0 bridgehead atoms. The Labute approximate surface area is 164 Å². The lowest BCUT2D eigenvalue weighted by atomic mass is 9.97. The molecule has 0 aliphatic carbocycles. The summed E-state index contributed by atoms with van der Waals surface area (Å²) in [6.07, 6.45) is 2.94. The number of anilines is 1. The van der Waals surface area contributed by atoms with Gasteiger partial charge in [0.1, 0.15) is 0 Å². The molecule has 2 amide bonds. The normalized spacial score (nSPS) is 17.0. The Morgan fingerprint density at radius 3 is 2.54 bits per heavy atom. The maximum Gasteiger partial charge on any atom is 0.322 e. The Bertz CT molecular complexity index is 1140. The summed E-state index contributed by atoms with van der Waals surface area (Å²) in [5.41, 5.74) is 1.45. The van der Waals surface area contributed by atoms with E-state index < -0.39 is 9.84 Å². The van der Waals surface area contributed by atoms with Crippen molar-refractivity contribution in [2.24, 2.45) is 0 Å². The van der Waals surface area contributed by atoms with E-state index in [0.717, 1.165) is 35.4 Å². The molecular weight excluding hydrogens is 372 g/mol. The van der Waals surface area contributed by atoms with Crippen LogP contribution in [-0.4, -0.2) is 32.1 Å². The summed E-state index contributed by atoms with van der Waals surface area (Å²) < 4.78 is 24.0. The van der Waals surface area contributed by atoms with Gasteiger partial charge in [0.15, 0.2) is 9.84 Å². The fourth-order valence-corrected chi connectivity index (χ4v) is 4.80. The van der Waals surface area contributed by atoms with Crippen molar-refractivity contribution in [3.63, 3.8) is 0 Å². The van der Waals surface area contributed by atoms with Crippen LogP contribution in [0.2, 0.25) is 0 Å². The van der Waals surface area contributed by atoms with Gasteiger partial charge in [0.05, 0.1) is 16.6 Å². The van der Waals surface area contributed by atoms with Crippen molar-refractivity contribution in [2.75, 3.05) is 18.1 Å². The van der Waals surface area contributed by atoms with Gasteiger partial charge in [0.2, 0.25) is 0 Å². The highest BCUT2D eigenvalue weighted by Gasteiger charge is 2.31. The zero-order valence-corrected chi connectivity index (χ0v) is 16.4. The van der Waals surface area contributed by atoms with E-state index in [1.807, 2.05) is 18.2 Å². The van der Waals surface area contributed by atoms with Crippen LogP contribution in [0.15, 0.2) is 71.6 Å². The van der Waals surface area contributed by atoms with Crippen molar-refractivity contribution >= 4 is 32.3 Å². The molecule has 5 nitrogen and oxygen atoms in total. The van der Waals surface area contributed by atoms with Crippen molar-refractivity contribution in [1.29, 1.82) is 0 Å². The van der Waals surface area contributed by atoms with E-state index in [1.54, 1.807) is 23.1 Å². The summed E-state index contributed by atoms with van der Waals surface area (Å²) in [7, 11) is -3.43. The second kappa shape index (κ2) is 7.28. The topological polar surface area (TPSA) is 66.5 Å². The molecular formula is C22H22N2O3S. The van der Waals surface area contributed by atoms with Gasteiger partial charge in [-0.3, -0.25) is 0 Å². The van der Waals surface area contributed by atoms with Crippen molar-refractivity contribution in [1.82, 2.24) is 4.90 Å². The fourth-order valence-electron chi connectivity index (χ4n) is 3.95. The van der Waals surface area contributed by atoms with Crippen LogP contribution in [0.1, 0.15) is 24.4 Å². The Kier molecular flexibility index (Phi) is 4.81. The summed E-state index contributed by atoms with van der Waals surface area (Å²) in [5, 5.41) is 5.11. The van der Waals surface area contributed by atoms with Gasteiger partial charge in [-0.25, -0.2) is 13.2 Å². The highest BCUT2D eigenvalue weighted by atomic mass is 32.2. The average molecular weight is 394 g/mol. The van der Waals surface area contributed by atoms with Crippen LogP contribution in [-0.2, 0) is 9.84 Å². The predicted octanol–water partition coefficient (Wildman–Crippen LogP) is 4.61. The van der Waals surface area contributed by atoms with Crippen molar-refractivity contribution in [2.45, 2.75) is 23.8 Å². The fraction of sp³-hybridized carbons (Fsp3) is 0.227. The van der Waals surface area contributed by atoms with Gasteiger partial charge in [-0.05, 0) is 41.3 Å². The van der Waals surface area contributed by atoms with E-state index in [9.17, 15) is 13.2 Å². The third kappa shape index (κ3) is 3.47. The molecule has 0 saturated carbocycles. The van der Waals surface area contributed by atoms with Gasteiger partial charge in [-0.15, -0.1) is 0 Å². The molecule has 144 valence electrons. The molecule has 3 aromatic rings. The molecule has 1 saturated heterocycles. The standard InChI is InChI=1S/C22H22N2O3S/c1-28(26,27)21-14-5-4-12-19(21)23-22(25)24-15-7-13-20(24)18-11-6-9-16-8-2-3-10-17(16)18/h2-6,8-12,14,20H,7,13,15H2,1H3,(H,23,25)/t20-/m1/s1. The molecule has 1 aliphatic rings. The van der Waals surface area contributed by atoms with Crippen LogP contribution in [0.4, 0.5) is 10.5 Å². The minimum Gasteiger partial charge on any atom is -0.317 e. The third-order valence-electron chi connectivity index (χ3n) is 5.22. The SMILES string of the molecule is CS(=O)(=O)c1ccccc1NC(=O)N1CCC[C@@H]1c1cccc2ccccc12. The molecule has 3 aromatic carbocycles. The van der Waals surface area contributed by atoms with E-state index in [2.05, 4.69) is 29.6 Å². The first kappa shape index (κ1) is 18.5. The molecule has 1 heterocycles. The number of nitrogens with one attached hydrogen (secondary N) is 1. The number of fused-ring (bicyclic) bond motifs is 1. The minimum absolute atomic E-state index is 0.0310. The van der Waals surface area contributed by atoms with Crippen molar-refractivity contribution in [3.8, 4) is 0 Å². The molecule has 0 spiro atoms. The lowest BCUT2D eigenvalue weighted by molar-refractivity contribution is 0.207. The summed E-state index contributed by atoms with van der Waals surface area (Å²) in [5.74, 6) is 0. The summed E-state index contributed by atoms with van der Waals surface area (Å²) in [4.78, 5) is 15.0. The summed E-state index contributed by atoms with van der Waals surface area (Å²) in [6, 6.07) is 20.5. The first-order chi connectivity index (χ1) is 13.4. The number of hydrogen-bond acceptors (Lipinski definition) is 3. The van der Waals surface area contributed by atoms with Crippen LogP contribution in [0, 0.1) is 0 Å². The number of sulfone groups is 1. The van der Waals surface area contributed by atoms with Crippen LogP contribution >= 0.6 is 0 Å². The van der Waals surface area contributed by atoms with Crippen molar-refractivity contribution in [3.05, 3.63) is 72.3 Å². The maximum absolute atomic E-state index is 13.0. The number of carbonyl (C=O) groups is 1. The molecule has 0 aromatic heterocycles. The van der Waals surface area contributed by atoms with Gasteiger partial charge >= 0.3 is 6.03 Å². The van der Waals surface area contributed by atoms with Gasteiger partial charge in [0, 0.05) is 12.8 Å². The number of nitrogens with zero attached hydrogens (tertiary/aromatic N) is 1. The highest BCUT2D eigenvalue weighted by molar-refractivity contribution is 7.90. The summed E-state index contributed by atoms with van der Waals surface area (Å²) >= 11 is 0. The lowest BCUT2D eigenvalue weighted by Crippen LogP contribution is -2.34. The van der Waals surface area contributed by atoms with Gasteiger partial charge in [-0.2, -0.15) is 0 Å². The van der Waals surface area contributed by atoms with Gasteiger partial charge < -0.3 is 10.2 Å². The van der Waals surface area contributed by atoms with Gasteiger partial charge in [0.25, 0.3) is 0 Å². The minimum atomic E-state index is -3.43. The smallest absolute Gasteiger partial charge is 0.317 e.